The van der Waals surface area contributed by atoms with Gasteiger partial charge >= 0.3 is 0 Å². The van der Waals surface area contributed by atoms with Gasteiger partial charge in [-0.05, 0) is 68.0 Å². The van der Waals surface area contributed by atoms with Crippen LogP contribution in [0.5, 0.6) is 0 Å². The molecule has 0 aliphatic carbocycles. The molecule has 31 heavy (non-hydrogen) atoms. The molecule has 2 aromatic rings. The Hall–Kier alpha value is -2.93. The van der Waals surface area contributed by atoms with Gasteiger partial charge < -0.3 is 15.5 Å². The predicted octanol–water partition coefficient (Wildman–Crippen LogP) is 4.94. The highest BCUT2D eigenvalue weighted by atomic mass is 16.6. The number of likely N-dealkylation sites (tertiary alicyclic amines) is 1. The smallest absolute Gasteiger partial charge is 0.293 e. The highest BCUT2D eigenvalue weighted by molar-refractivity contribution is 6.05. The summed E-state index contributed by atoms with van der Waals surface area (Å²) >= 11 is 0. The van der Waals surface area contributed by atoms with E-state index in [9.17, 15) is 14.9 Å². The molecule has 7 heteroatoms. The van der Waals surface area contributed by atoms with Crippen LogP contribution in [0.25, 0.3) is 0 Å². The van der Waals surface area contributed by atoms with Crippen molar-refractivity contribution in [2.45, 2.75) is 33.6 Å². The lowest BCUT2D eigenvalue weighted by Crippen LogP contribution is -2.39. The maximum absolute atomic E-state index is 12.5. The van der Waals surface area contributed by atoms with Crippen LogP contribution in [-0.4, -0.2) is 41.9 Å². The molecule has 1 heterocycles. The lowest BCUT2D eigenvalue weighted by molar-refractivity contribution is -0.384. The van der Waals surface area contributed by atoms with Gasteiger partial charge in [-0.3, -0.25) is 14.9 Å². The average molecular weight is 425 g/mol. The Morgan fingerprint density at radius 1 is 1.16 bits per heavy atom. The van der Waals surface area contributed by atoms with Crippen molar-refractivity contribution in [3.8, 4) is 0 Å². The molecule has 0 bridgehead atoms. The van der Waals surface area contributed by atoms with Gasteiger partial charge in [-0.2, -0.15) is 0 Å². The monoisotopic (exact) mass is 424 g/mol. The van der Waals surface area contributed by atoms with E-state index in [0.29, 0.717) is 17.9 Å². The van der Waals surface area contributed by atoms with Gasteiger partial charge in [0, 0.05) is 37.0 Å². The highest BCUT2D eigenvalue weighted by Gasteiger charge is 2.21. The number of piperidine rings is 1. The van der Waals surface area contributed by atoms with Gasteiger partial charge in [-0.15, -0.1) is 0 Å². The number of nitro groups is 1. The summed E-state index contributed by atoms with van der Waals surface area (Å²) in [7, 11) is 0. The minimum absolute atomic E-state index is 0.0860. The molecule has 1 saturated heterocycles. The maximum atomic E-state index is 12.5. The van der Waals surface area contributed by atoms with Crippen LogP contribution >= 0.6 is 0 Å². The summed E-state index contributed by atoms with van der Waals surface area (Å²) in [5.74, 6) is 1.07. The number of anilines is 2. The first-order chi connectivity index (χ1) is 14.8. The second-order valence-electron chi connectivity index (χ2n) is 8.80. The van der Waals surface area contributed by atoms with Crippen LogP contribution in [0.3, 0.4) is 0 Å². The number of nitrogens with zero attached hydrogens (tertiary/aromatic N) is 2. The van der Waals surface area contributed by atoms with E-state index >= 15 is 0 Å². The van der Waals surface area contributed by atoms with Crippen LogP contribution in [0.15, 0.2) is 42.5 Å². The third-order valence-electron chi connectivity index (χ3n) is 5.64. The molecule has 2 N–H and O–H groups in total. The highest BCUT2D eigenvalue weighted by Crippen LogP contribution is 2.26. The fourth-order valence-corrected chi connectivity index (χ4v) is 4.40. The molecular weight excluding hydrogens is 392 g/mol. The number of nitrogens with one attached hydrogen (secondary N) is 2. The SMILES string of the molecule is Cc1cccc(NC(=O)c2ccc(NCCCN3CC(C)CC(C)C3)c([N+](=O)[O-])c2)c1. The molecule has 1 aliphatic rings. The molecule has 0 spiro atoms. The van der Waals surface area contributed by atoms with Crippen LogP contribution in [0.1, 0.15) is 42.6 Å². The molecule has 2 atom stereocenters. The molecule has 1 fully saturated rings. The zero-order valence-electron chi connectivity index (χ0n) is 18.6. The number of hydrogen-bond donors (Lipinski definition) is 2. The first-order valence-corrected chi connectivity index (χ1v) is 10.9. The summed E-state index contributed by atoms with van der Waals surface area (Å²) in [5, 5.41) is 17.6. The first-order valence-electron chi connectivity index (χ1n) is 10.9. The number of aryl methyl sites for hydroxylation is 1. The van der Waals surface area contributed by atoms with Crippen LogP contribution in [0.4, 0.5) is 17.1 Å². The third kappa shape index (κ3) is 6.52. The summed E-state index contributed by atoms with van der Waals surface area (Å²) < 4.78 is 0. The van der Waals surface area contributed by atoms with Crippen LogP contribution in [-0.2, 0) is 0 Å². The fraction of sp³-hybridized carbons (Fsp3) is 0.458. The summed E-state index contributed by atoms with van der Waals surface area (Å²) in [6, 6.07) is 12.0. The van der Waals surface area contributed by atoms with Crippen LogP contribution < -0.4 is 10.6 Å². The van der Waals surface area contributed by atoms with E-state index < -0.39 is 4.92 Å². The molecule has 2 unspecified atom stereocenters. The molecule has 1 amide bonds. The van der Waals surface area contributed by atoms with Gasteiger partial charge in [-0.25, -0.2) is 0 Å². The van der Waals surface area contributed by atoms with Gasteiger partial charge in [0.15, 0.2) is 0 Å². The largest absolute Gasteiger partial charge is 0.379 e. The Labute approximate surface area is 184 Å². The maximum Gasteiger partial charge on any atom is 0.293 e. The number of hydrogen-bond acceptors (Lipinski definition) is 5. The minimum Gasteiger partial charge on any atom is -0.379 e. The van der Waals surface area contributed by atoms with Crippen LogP contribution in [0.2, 0.25) is 0 Å². The Morgan fingerprint density at radius 3 is 2.58 bits per heavy atom. The van der Waals surface area contributed by atoms with E-state index in [4.69, 9.17) is 0 Å². The van der Waals surface area contributed by atoms with E-state index in [-0.39, 0.29) is 17.2 Å². The van der Waals surface area contributed by atoms with Crippen LogP contribution in [0, 0.1) is 28.9 Å². The molecule has 1 aliphatic heterocycles. The van der Waals surface area contributed by atoms with Gasteiger partial charge in [-0.1, -0.05) is 26.0 Å². The van der Waals surface area contributed by atoms with Crippen molar-refractivity contribution in [3.63, 3.8) is 0 Å². The van der Waals surface area contributed by atoms with E-state index in [1.165, 1.54) is 12.5 Å². The topological polar surface area (TPSA) is 87.5 Å². The second kappa shape index (κ2) is 10.4. The van der Waals surface area contributed by atoms with E-state index in [0.717, 1.165) is 43.5 Å². The third-order valence-corrected chi connectivity index (χ3v) is 5.64. The number of carbonyl (C=O) groups excluding carboxylic acids is 1. The van der Waals surface area contributed by atoms with Crippen molar-refractivity contribution < 1.29 is 9.72 Å². The minimum atomic E-state index is -0.445. The number of nitro benzene ring substituents is 1. The molecule has 0 radical (unpaired) electrons. The molecule has 3 rings (SSSR count). The second-order valence-corrected chi connectivity index (χ2v) is 8.80. The molecular formula is C24H32N4O3. The predicted molar refractivity (Wildman–Crippen MR) is 125 cm³/mol. The van der Waals surface area contributed by atoms with Gasteiger partial charge in [0.1, 0.15) is 5.69 Å². The molecule has 2 aromatic carbocycles. The zero-order chi connectivity index (χ0) is 22.4. The standard InChI is InChI=1S/C24H32N4O3/c1-17-6-4-7-21(13-17)26-24(29)20-8-9-22(23(14-20)28(30)31)25-10-5-11-27-15-18(2)12-19(3)16-27/h4,6-9,13-14,18-19,25H,5,10-12,15-16H2,1-3H3,(H,26,29). The number of amides is 1. The normalized spacial score (nSPS) is 19.1. The van der Waals surface area contributed by atoms with Crippen molar-refractivity contribution in [2.24, 2.45) is 11.8 Å². The summed E-state index contributed by atoms with van der Waals surface area (Å²) in [5.41, 5.74) is 2.30. The fourth-order valence-electron chi connectivity index (χ4n) is 4.40. The van der Waals surface area contributed by atoms with E-state index in [1.54, 1.807) is 18.2 Å². The summed E-state index contributed by atoms with van der Waals surface area (Å²) in [6.07, 6.45) is 2.19. The van der Waals surface area contributed by atoms with E-state index in [1.807, 2.05) is 25.1 Å². The number of carbonyl (C=O) groups is 1. The van der Waals surface area contributed by atoms with Crippen molar-refractivity contribution in [1.29, 1.82) is 0 Å². The van der Waals surface area contributed by atoms with Crippen molar-refractivity contribution in [1.82, 2.24) is 4.90 Å². The van der Waals surface area contributed by atoms with Gasteiger partial charge in [0.2, 0.25) is 0 Å². The quantitative estimate of drug-likeness (QED) is 0.356. The molecule has 0 saturated carbocycles. The lowest BCUT2D eigenvalue weighted by Gasteiger charge is -2.34. The lowest BCUT2D eigenvalue weighted by atomic mass is 9.92. The van der Waals surface area contributed by atoms with Crippen molar-refractivity contribution >= 4 is 23.0 Å². The molecule has 7 nitrogen and oxygen atoms in total. The molecule has 166 valence electrons. The van der Waals surface area contributed by atoms with Crippen molar-refractivity contribution in [2.75, 3.05) is 36.8 Å². The summed E-state index contributed by atoms with van der Waals surface area (Å²) in [6.45, 7) is 10.4. The van der Waals surface area contributed by atoms with Gasteiger partial charge in [0.25, 0.3) is 11.6 Å². The Morgan fingerprint density at radius 2 is 1.90 bits per heavy atom. The van der Waals surface area contributed by atoms with Crippen molar-refractivity contribution in [3.05, 3.63) is 63.7 Å². The Kier molecular flexibility index (Phi) is 7.63. The zero-order valence-corrected chi connectivity index (χ0v) is 18.6. The Bertz CT molecular complexity index is 921. The number of rotatable bonds is 8. The molecule has 0 aromatic heterocycles. The first kappa shape index (κ1) is 22.7. The van der Waals surface area contributed by atoms with E-state index in [2.05, 4.69) is 29.4 Å². The number of benzene rings is 2. The summed E-state index contributed by atoms with van der Waals surface area (Å²) in [4.78, 5) is 26.2. The Balaban J connectivity index is 1.58. The van der Waals surface area contributed by atoms with Gasteiger partial charge in [0.05, 0.1) is 4.92 Å². The average Bonchev–Trinajstić information content (AvgIpc) is 2.70.